The van der Waals surface area contributed by atoms with E-state index in [0.717, 1.165) is 22.0 Å². The second-order valence-corrected chi connectivity index (χ2v) is 7.30. The van der Waals surface area contributed by atoms with Crippen molar-refractivity contribution in [2.75, 3.05) is 5.32 Å². The molecule has 6 heteroatoms. The zero-order valence-corrected chi connectivity index (χ0v) is 14.9. The Morgan fingerprint density at radius 1 is 1.24 bits per heavy atom. The molecule has 2 heterocycles. The number of nitrogens with one attached hydrogen (secondary N) is 1. The van der Waals surface area contributed by atoms with E-state index in [2.05, 4.69) is 15.3 Å². The minimum absolute atomic E-state index is 0.0335. The molecule has 25 heavy (non-hydrogen) atoms. The average molecular weight is 350 g/mol. The van der Waals surface area contributed by atoms with Crippen molar-refractivity contribution < 1.29 is 4.79 Å². The molecule has 0 amide bonds. The Hall–Kier alpha value is -2.60. The largest absolute Gasteiger partial charge is 0.324 e. The molecule has 4 rings (SSSR count). The third-order valence-electron chi connectivity index (χ3n) is 4.15. The number of aryl methyl sites for hydroxylation is 1. The van der Waals surface area contributed by atoms with E-state index < -0.39 is 0 Å². The van der Waals surface area contributed by atoms with Gasteiger partial charge in [-0.15, -0.1) is 11.3 Å². The van der Waals surface area contributed by atoms with Gasteiger partial charge in [0.15, 0.2) is 5.78 Å². The second-order valence-electron chi connectivity index (χ2n) is 6.27. The van der Waals surface area contributed by atoms with Crippen molar-refractivity contribution in [3.05, 3.63) is 52.8 Å². The van der Waals surface area contributed by atoms with Gasteiger partial charge in [0.25, 0.3) is 0 Å². The predicted molar refractivity (Wildman–Crippen MR) is 99.6 cm³/mol. The van der Waals surface area contributed by atoms with E-state index in [4.69, 9.17) is 4.98 Å². The van der Waals surface area contributed by atoms with Crippen LogP contribution in [-0.2, 0) is 0 Å². The molecule has 1 N–H and O–H groups in total. The number of carbonyl (C=O) groups is 1. The van der Waals surface area contributed by atoms with Crippen molar-refractivity contribution in [1.82, 2.24) is 15.0 Å². The Morgan fingerprint density at radius 3 is 2.84 bits per heavy atom. The summed E-state index contributed by atoms with van der Waals surface area (Å²) in [5.74, 6) is 1.19. The van der Waals surface area contributed by atoms with E-state index in [9.17, 15) is 4.79 Å². The first kappa shape index (κ1) is 15.9. The molecule has 1 aliphatic carbocycles. The van der Waals surface area contributed by atoms with E-state index in [1.54, 1.807) is 30.5 Å². The first-order valence-electron chi connectivity index (χ1n) is 8.29. The van der Waals surface area contributed by atoms with Gasteiger partial charge in [0, 0.05) is 23.4 Å². The molecule has 2 aromatic heterocycles. The SMILES string of the molecule is CC(=O)c1cccc(Nc2nccc(-c3sc(C4CC4)nc3C)n2)c1. The average Bonchev–Trinajstić information content (AvgIpc) is 3.38. The lowest BCUT2D eigenvalue weighted by atomic mass is 10.1. The lowest BCUT2D eigenvalue weighted by Crippen LogP contribution is -1.99. The zero-order chi connectivity index (χ0) is 17.4. The van der Waals surface area contributed by atoms with E-state index in [1.807, 2.05) is 31.2 Å². The number of thiazole rings is 1. The highest BCUT2D eigenvalue weighted by molar-refractivity contribution is 7.15. The monoisotopic (exact) mass is 350 g/mol. The molecule has 0 atom stereocenters. The number of benzene rings is 1. The molecular weight excluding hydrogens is 332 g/mol. The van der Waals surface area contributed by atoms with Gasteiger partial charge in [0.1, 0.15) is 0 Å². The van der Waals surface area contributed by atoms with E-state index in [-0.39, 0.29) is 5.78 Å². The number of carbonyl (C=O) groups excluding carboxylic acids is 1. The van der Waals surface area contributed by atoms with Gasteiger partial charge >= 0.3 is 0 Å². The zero-order valence-electron chi connectivity index (χ0n) is 14.1. The first-order chi connectivity index (χ1) is 12.1. The molecule has 0 saturated heterocycles. The number of hydrogen-bond acceptors (Lipinski definition) is 6. The molecule has 1 saturated carbocycles. The van der Waals surface area contributed by atoms with Gasteiger partial charge in [-0.2, -0.15) is 0 Å². The van der Waals surface area contributed by atoms with Gasteiger partial charge in [0.2, 0.25) is 5.95 Å². The third kappa shape index (κ3) is 3.44. The third-order valence-corrected chi connectivity index (χ3v) is 5.50. The maximum atomic E-state index is 11.5. The van der Waals surface area contributed by atoms with E-state index in [0.29, 0.717) is 17.4 Å². The quantitative estimate of drug-likeness (QED) is 0.674. The summed E-state index contributed by atoms with van der Waals surface area (Å²) in [6, 6.07) is 9.25. The summed E-state index contributed by atoms with van der Waals surface area (Å²) in [6.07, 6.45) is 4.24. The van der Waals surface area contributed by atoms with Gasteiger partial charge in [-0.05, 0) is 44.9 Å². The number of nitrogens with zero attached hydrogens (tertiary/aromatic N) is 3. The molecular formula is C19H18N4OS. The summed E-state index contributed by atoms with van der Waals surface area (Å²) in [4.78, 5) is 26.2. The molecule has 0 spiro atoms. The fourth-order valence-corrected chi connectivity index (χ4v) is 3.86. The molecule has 3 aromatic rings. The minimum atomic E-state index is 0.0335. The van der Waals surface area contributed by atoms with Crippen LogP contribution in [0.5, 0.6) is 0 Å². The Morgan fingerprint density at radius 2 is 2.08 bits per heavy atom. The molecule has 1 aromatic carbocycles. The maximum absolute atomic E-state index is 11.5. The van der Waals surface area contributed by atoms with Crippen LogP contribution in [0.4, 0.5) is 11.6 Å². The topological polar surface area (TPSA) is 67.8 Å². The van der Waals surface area contributed by atoms with Crippen molar-refractivity contribution in [2.45, 2.75) is 32.6 Å². The Labute approximate surface area is 150 Å². The van der Waals surface area contributed by atoms with Gasteiger partial charge in [-0.1, -0.05) is 12.1 Å². The number of rotatable bonds is 5. The number of anilines is 2. The summed E-state index contributed by atoms with van der Waals surface area (Å²) in [5, 5.41) is 4.40. The van der Waals surface area contributed by atoms with Crippen LogP contribution in [0.25, 0.3) is 10.6 Å². The highest BCUT2D eigenvalue weighted by Crippen LogP contribution is 2.44. The van der Waals surface area contributed by atoms with Crippen LogP contribution in [-0.4, -0.2) is 20.7 Å². The van der Waals surface area contributed by atoms with E-state index in [1.165, 1.54) is 17.8 Å². The lowest BCUT2D eigenvalue weighted by molar-refractivity contribution is 0.101. The van der Waals surface area contributed by atoms with Crippen molar-refractivity contribution in [1.29, 1.82) is 0 Å². The van der Waals surface area contributed by atoms with Gasteiger partial charge in [0.05, 0.1) is 21.3 Å². The summed E-state index contributed by atoms with van der Waals surface area (Å²) < 4.78 is 0. The van der Waals surface area contributed by atoms with Crippen molar-refractivity contribution >= 4 is 28.8 Å². The maximum Gasteiger partial charge on any atom is 0.227 e. The fourth-order valence-electron chi connectivity index (χ4n) is 2.65. The molecule has 0 bridgehead atoms. The van der Waals surface area contributed by atoms with Crippen molar-refractivity contribution in [3.63, 3.8) is 0 Å². The minimum Gasteiger partial charge on any atom is -0.324 e. The lowest BCUT2D eigenvalue weighted by Gasteiger charge is -2.07. The van der Waals surface area contributed by atoms with Crippen LogP contribution in [0.15, 0.2) is 36.5 Å². The summed E-state index contributed by atoms with van der Waals surface area (Å²) in [7, 11) is 0. The number of ketones is 1. The normalized spacial score (nSPS) is 13.7. The Kier molecular flexibility index (Phi) is 4.05. The van der Waals surface area contributed by atoms with Gasteiger partial charge < -0.3 is 5.32 Å². The highest BCUT2D eigenvalue weighted by Gasteiger charge is 2.28. The number of Topliss-reactive ketones (excluding diaryl/α,β-unsaturated/α-hetero) is 1. The van der Waals surface area contributed by atoms with E-state index >= 15 is 0 Å². The number of hydrogen-bond donors (Lipinski definition) is 1. The molecule has 0 radical (unpaired) electrons. The Balaban J connectivity index is 1.61. The highest BCUT2D eigenvalue weighted by atomic mass is 32.1. The Bertz CT molecular complexity index is 946. The van der Waals surface area contributed by atoms with Crippen LogP contribution in [0.2, 0.25) is 0 Å². The van der Waals surface area contributed by atoms with Crippen LogP contribution in [0.3, 0.4) is 0 Å². The smallest absolute Gasteiger partial charge is 0.227 e. The van der Waals surface area contributed by atoms with Crippen LogP contribution >= 0.6 is 11.3 Å². The molecule has 1 aliphatic rings. The fraction of sp³-hybridized carbons (Fsp3) is 0.263. The summed E-state index contributed by atoms with van der Waals surface area (Å²) in [6.45, 7) is 3.59. The predicted octanol–water partition coefficient (Wildman–Crippen LogP) is 4.73. The van der Waals surface area contributed by atoms with Crippen molar-refractivity contribution in [3.8, 4) is 10.6 Å². The molecule has 126 valence electrons. The van der Waals surface area contributed by atoms with Gasteiger partial charge in [-0.3, -0.25) is 4.79 Å². The molecule has 0 unspecified atom stereocenters. The number of aromatic nitrogens is 3. The van der Waals surface area contributed by atoms with Crippen LogP contribution < -0.4 is 5.32 Å². The molecule has 5 nitrogen and oxygen atoms in total. The van der Waals surface area contributed by atoms with Gasteiger partial charge in [-0.25, -0.2) is 15.0 Å². The standard InChI is InChI=1S/C19H18N4OS/c1-11-17(25-18(21-11)13-6-7-13)16-8-9-20-19(23-16)22-15-5-3-4-14(10-15)12(2)24/h3-5,8-10,13H,6-7H2,1-2H3,(H,20,22,23). The summed E-state index contributed by atoms with van der Waals surface area (Å²) in [5.41, 5.74) is 3.36. The first-order valence-corrected chi connectivity index (χ1v) is 9.10. The van der Waals surface area contributed by atoms with Crippen LogP contribution in [0.1, 0.15) is 46.7 Å². The van der Waals surface area contributed by atoms with Crippen molar-refractivity contribution in [2.24, 2.45) is 0 Å². The molecule has 1 fully saturated rings. The van der Waals surface area contributed by atoms with Crippen LogP contribution in [0, 0.1) is 6.92 Å². The molecule has 0 aliphatic heterocycles. The summed E-state index contributed by atoms with van der Waals surface area (Å²) >= 11 is 1.73. The second kappa shape index (κ2) is 6.37.